The van der Waals surface area contributed by atoms with Crippen molar-refractivity contribution in [3.05, 3.63) is 74.1 Å². The number of aliphatic hydroxyl groups excluding tert-OH is 1. The van der Waals surface area contributed by atoms with Crippen molar-refractivity contribution in [1.29, 1.82) is 0 Å². The third kappa shape index (κ3) is 44.4. The van der Waals surface area contributed by atoms with E-state index in [2.05, 4.69) is 18.7 Å². The normalized spacial score (nSPS) is 10.1. The second-order valence-corrected chi connectivity index (χ2v) is 2.72. The van der Waals surface area contributed by atoms with E-state index in [1.165, 1.54) is 0 Å². The van der Waals surface area contributed by atoms with E-state index in [0.29, 0.717) is 0 Å². The van der Waals surface area contributed by atoms with E-state index in [9.17, 15) is 0 Å². The molecule has 0 fully saturated rings. The number of aliphatic hydroxyl groups is 1. The Morgan fingerprint density at radius 3 is 1.89 bits per heavy atom. The van der Waals surface area contributed by atoms with Gasteiger partial charge in [0.15, 0.2) is 0 Å². The molecule has 0 radical (unpaired) electrons. The molecular formula is C16H32OZr-6. The third-order valence-corrected chi connectivity index (χ3v) is 1.37. The molecule has 1 N–H and O–H groups in total. The van der Waals surface area contributed by atoms with Crippen LogP contribution in [0.25, 0.3) is 0 Å². The molecule has 0 amide bonds. The molecule has 0 aromatic carbocycles. The minimum absolute atomic E-state index is 0. The molecule has 1 rings (SSSR count). The zero-order valence-corrected chi connectivity index (χ0v) is 15.6. The van der Waals surface area contributed by atoms with Gasteiger partial charge in [-0.05, 0) is 19.8 Å². The third-order valence-electron chi connectivity index (χ3n) is 1.37. The van der Waals surface area contributed by atoms with Crippen LogP contribution in [0, 0.1) is 43.2 Å². The van der Waals surface area contributed by atoms with Gasteiger partial charge in [-0.3, -0.25) is 6.08 Å². The molecule has 0 aromatic heterocycles. The van der Waals surface area contributed by atoms with E-state index in [0.717, 1.165) is 19.3 Å². The van der Waals surface area contributed by atoms with Crippen molar-refractivity contribution in [1.82, 2.24) is 0 Å². The van der Waals surface area contributed by atoms with Crippen molar-refractivity contribution in [3.63, 3.8) is 0 Å². The fourth-order valence-corrected chi connectivity index (χ4v) is 0.699. The number of hydrogen-bond acceptors (Lipinski definition) is 1. The summed E-state index contributed by atoms with van der Waals surface area (Å²) in [6.45, 7) is 5.30. The van der Waals surface area contributed by atoms with E-state index < -0.39 is 0 Å². The Labute approximate surface area is 137 Å². The smallest absolute Gasteiger partial charge is 0.0515 e. The first kappa shape index (κ1) is 43.0. The van der Waals surface area contributed by atoms with Crippen LogP contribution < -0.4 is 0 Å². The van der Waals surface area contributed by atoms with Crippen LogP contribution in [0.3, 0.4) is 0 Å². The van der Waals surface area contributed by atoms with Crippen LogP contribution in [0.4, 0.5) is 0 Å². The van der Waals surface area contributed by atoms with Gasteiger partial charge in [0.1, 0.15) is 0 Å². The predicted octanol–water partition coefficient (Wildman–Crippen LogP) is 4.89. The Balaban J connectivity index is -0.0000000205. The minimum atomic E-state index is -0.169. The molecule has 112 valence electrons. The second-order valence-electron chi connectivity index (χ2n) is 2.72. The summed E-state index contributed by atoms with van der Waals surface area (Å²) < 4.78 is 0. The van der Waals surface area contributed by atoms with Crippen molar-refractivity contribution in [2.45, 2.75) is 32.3 Å². The first-order valence-electron chi connectivity index (χ1n) is 4.28. The first-order valence-corrected chi connectivity index (χ1v) is 4.28. The van der Waals surface area contributed by atoms with Crippen LogP contribution in [-0.4, -0.2) is 11.2 Å². The number of allylic oxidation sites excluding steroid dienone is 5. The van der Waals surface area contributed by atoms with Crippen LogP contribution in [0.2, 0.25) is 0 Å². The maximum Gasteiger partial charge on any atom is 0.0515 e. The molecule has 0 saturated carbocycles. The summed E-state index contributed by atoms with van der Waals surface area (Å²) in [7, 11) is 0. The van der Waals surface area contributed by atoms with Crippen molar-refractivity contribution >= 4 is 0 Å². The summed E-state index contributed by atoms with van der Waals surface area (Å²) in [6, 6.07) is 0. The summed E-state index contributed by atoms with van der Waals surface area (Å²) in [5.41, 5.74) is 0. The summed E-state index contributed by atoms with van der Waals surface area (Å²) in [6.07, 6.45) is 13.4. The molecule has 0 aliphatic heterocycles. The largest absolute Gasteiger partial charge is 0.393 e. The number of hydrogen-bond donors (Lipinski definition) is 1. The van der Waals surface area contributed by atoms with Gasteiger partial charge in [-0.25, -0.2) is 12.2 Å². The van der Waals surface area contributed by atoms with E-state index in [4.69, 9.17) is 5.11 Å². The Bertz CT molecular complexity index is 150. The molecule has 1 unspecified atom stereocenters. The van der Waals surface area contributed by atoms with E-state index in [1.54, 1.807) is 6.92 Å². The van der Waals surface area contributed by atoms with Gasteiger partial charge in [0.05, 0.1) is 6.10 Å². The minimum Gasteiger partial charge on any atom is -0.393 e. The molecule has 1 aliphatic carbocycles. The summed E-state index contributed by atoms with van der Waals surface area (Å²) in [4.78, 5) is 0. The average Bonchev–Trinajstić information content (AvgIpc) is 2.57. The molecular weight excluding hydrogens is 299 g/mol. The van der Waals surface area contributed by atoms with Crippen molar-refractivity contribution < 1.29 is 31.3 Å². The maximum atomic E-state index is 8.64. The fraction of sp³-hybridized carbons (Fsp3) is 0.312. The summed E-state index contributed by atoms with van der Waals surface area (Å²) in [5, 5.41) is 8.64. The fourth-order valence-electron chi connectivity index (χ4n) is 0.699. The Kier molecular flexibility index (Phi) is 85.9. The van der Waals surface area contributed by atoms with Gasteiger partial charge < -0.3 is 42.2 Å². The van der Waals surface area contributed by atoms with Crippen LogP contribution >= 0.6 is 0 Å². The monoisotopic (exact) mass is 330 g/mol. The van der Waals surface area contributed by atoms with Gasteiger partial charge in [0.25, 0.3) is 0 Å². The van der Waals surface area contributed by atoms with Gasteiger partial charge in [0.2, 0.25) is 0 Å². The van der Waals surface area contributed by atoms with E-state index >= 15 is 0 Å². The van der Waals surface area contributed by atoms with Crippen molar-refractivity contribution in [2.75, 3.05) is 0 Å². The van der Waals surface area contributed by atoms with Crippen LogP contribution in [0.15, 0.2) is 30.9 Å². The van der Waals surface area contributed by atoms with Crippen LogP contribution in [0.1, 0.15) is 26.2 Å². The molecule has 0 heterocycles. The Morgan fingerprint density at radius 2 is 1.78 bits per heavy atom. The van der Waals surface area contributed by atoms with Gasteiger partial charge in [-0.15, -0.1) is 13.0 Å². The molecule has 0 spiro atoms. The SMILES string of the molecule is C=CCCC(C)O.[C-]1=CC=CC1.[CH3-].[CH3-].[CH3-].[CH3-].[CH3-].[Zr]. The molecule has 18 heavy (non-hydrogen) atoms. The summed E-state index contributed by atoms with van der Waals surface area (Å²) in [5.74, 6) is 0. The van der Waals surface area contributed by atoms with E-state index in [-0.39, 0.29) is 69.4 Å². The molecule has 0 aromatic rings. The Morgan fingerprint density at radius 1 is 1.28 bits per heavy atom. The molecule has 1 aliphatic rings. The van der Waals surface area contributed by atoms with Gasteiger partial charge in [0, 0.05) is 26.2 Å². The molecule has 0 saturated heterocycles. The van der Waals surface area contributed by atoms with Crippen LogP contribution in [0.5, 0.6) is 0 Å². The van der Waals surface area contributed by atoms with Gasteiger partial charge in [-0.1, -0.05) is 6.08 Å². The molecule has 0 bridgehead atoms. The zero-order chi connectivity index (χ0) is 9.23. The molecule has 2 heteroatoms. The zero-order valence-electron chi connectivity index (χ0n) is 13.2. The van der Waals surface area contributed by atoms with E-state index in [1.807, 2.05) is 18.2 Å². The van der Waals surface area contributed by atoms with Crippen molar-refractivity contribution in [2.24, 2.45) is 0 Å². The topological polar surface area (TPSA) is 20.2 Å². The maximum absolute atomic E-state index is 8.64. The van der Waals surface area contributed by atoms with Gasteiger partial charge >= 0.3 is 0 Å². The predicted molar refractivity (Wildman–Crippen MR) is 84.8 cm³/mol. The standard InChI is InChI=1S/C6H12O.C5H5.5CH3.Zr/c1-3-4-5-6(2)7;1-2-4-5-3-1;;;;;;/h3,6-7H,1,4-5H2,2H3;1-3H,4H2;5*1H3;/q;6*-1;. The molecule has 1 nitrogen and oxygen atoms in total. The number of rotatable bonds is 3. The van der Waals surface area contributed by atoms with Crippen LogP contribution in [-0.2, 0) is 26.2 Å². The Hall–Kier alpha value is 0.0631. The summed E-state index contributed by atoms with van der Waals surface area (Å²) >= 11 is 0. The van der Waals surface area contributed by atoms with Crippen molar-refractivity contribution in [3.8, 4) is 0 Å². The first-order chi connectivity index (χ1) is 5.77. The average molecular weight is 332 g/mol. The van der Waals surface area contributed by atoms with Gasteiger partial charge in [-0.2, -0.15) is 6.08 Å². The quantitative estimate of drug-likeness (QED) is 0.577. The molecule has 1 atom stereocenters. The second kappa shape index (κ2) is 36.0.